The maximum Gasteiger partial charge on any atom is 0.161 e. The molecule has 0 saturated heterocycles. The van der Waals surface area contributed by atoms with Gasteiger partial charge in [0.15, 0.2) is 11.5 Å². The lowest BCUT2D eigenvalue weighted by Gasteiger charge is -2.29. The highest BCUT2D eigenvalue weighted by Gasteiger charge is 2.19. The molecular formula is C22H26N2O2. The summed E-state index contributed by atoms with van der Waals surface area (Å²) in [4.78, 5) is 2.54. The van der Waals surface area contributed by atoms with Crippen LogP contribution in [0.15, 0.2) is 48.8 Å². The van der Waals surface area contributed by atoms with Crippen LogP contribution in [0.5, 0.6) is 11.5 Å². The third kappa shape index (κ3) is 3.42. The molecule has 26 heavy (non-hydrogen) atoms. The Bertz CT molecular complexity index is 867. The molecular weight excluding hydrogens is 324 g/mol. The highest BCUT2D eigenvalue weighted by atomic mass is 16.5. The summed E-state index contributed by atoms with van der Waals surface area (Å²) in [5, 5.41) is 2.64. The van der Waals surface area contributed by atoms with Crippen LogP contribution in [0, 0.1) is 0 Å². The number of fused-ring (bicyclic) bond motifs is 2. The first-order chi connectivity index (χ1) is 12.8. The quantitative estimate of drug-likeness (QED) is 0.669. The number of aromatic nitrogens is 1. The molecule has 4 rings (SSSR count). The fourth-order valence-corrected chi connectivity index (χ4v) is 3.88. The van der Waals surface area contributed by atoms with Crippen molar-refractivity contribution < 1.29 is 9.47 Å². The monoisotopic (exact) mass is 350 g/mol. The van der Waals surface area contributed by atoms with Crippen molar-refractivity contribution in [2.75, 3.05) is 27.3 Å². The molecule has 0 fully saturated rings. The average Bonchev–Trinajstić information content (AvgIpc) is 3.09. The van der Waals surface area contributed by atoms with E-state index in [1.165, 1.54) is 21.9 Å². The van der Waals surface area contributed by atoms with Gasteiger partial charge in [-0.15, -0.1) is 0 Å². The van der Waals surface area contributed by atoms with Gasteiger partial charge in [0.1, 0.15) is 0 Å². The lowest BCUT2D eigenvalue weighted by molar-refractivity contribution is 0.245. The van der Waals surface area contributed by atoms with Gasteiger partial charge in [0.05, 0.1) is 14.2 Å². The Morgan fingerprint density at radius 2 is 1.54 bits per heavy atom. The zero-order valence-electron chi connectivity index (χ0n) is 15.6. The Morgan fingerprint density at radius 3 is 2.19 bits per heavy atom. The Hall–Kier alpha value is -2.46. The smallest absolute Gasteiger partial charge is 0.161 e. The van der Waals surface area contributed by atoms with E-state index in [0.29, 0.717) is 0 Å². The first kappa shape index (κ1) is 17.0. The van der Waals surface area contributed by atoms with Crippen LogP contribution >= 0.6 is 0 Å². The van der Waals surface area contributed by atoms with E-state index in [1.807, 2.05) is 0 Å². The predicted molar refractivity (Wildman–Crippen MR) is 105 cm³/mol. The SMILES string of the molecule is COc1cc2c(cc1OC)CN(CCCn1cc3ccccc3c1)CC2. The van der Waals surface area contributed by atoms with Crippen molar-refractivity contribution in [2.24, 2.45) is 0 Å². The van der Waals surface area contributed by atoms with E-state index in [4.69, 9.17) is 9.47 Å². The standard InChI is InChI=1S/C22H26N2O2/c1-25-21-12-17-8-11-23(16-20(17)13-22(21)26-2)9-5-10-24-14-18-6-3-4-7-19(18)15-24/h3-4,6-7,12-15H,5,8-11,16H2,1-2H3. The maximum absolute atomic E-state index is 5.46. The minimum atomic E-state index is 0.826. The number of hydrogen-bond acceptors (Lipinski definition) is 3. The van der Waals surface area contributed by atoms with E-state index in [0.717, 1.165) is 50.5 Å². The number of rotatable bonds is 6. The molecule has 0 bridgehead atoms. The van der Waals surface area contributed by atoms with Gasteiger partial charge in [-0.2, -0.15) is 0 Å². The van der Waals surface area contributed by atoms with Crippen molar-refractivity contribution in [2.45, 2.75) is 25.9 Å². The van der Waals surface area contributed by atoms with Crippen molar-refractivity contribution in [3.8, 4) is 11.5 Å². The van der Waals surface area contributed by atoms with Gasteiger partial charge in [0.25, 0.3) is 0 Å². The minimum absolute atomic E-state index is 0.826. The molecule has 2 aromatic carbocycles. The van der Waals surface area contributed by atoms with Gasteiger partial charge >= 0.3 is 0 Å². The molecule has 1 aromatic heterocycles. The number of nitrogens with zero attached hydrogens (tertiary/aromatic N) is 2. The van der Waals surface area contributed by atoms with E-state index in [-0.39, 0.29) is 0 Å². The number of methoxy groups -OCH3 is 2. The molecule has 0 amide bonds. The molecule has 0 aliphatic carbocycles. The molecule has 0 saturated carbocycles. The Labute approximate surface area is 154 Å². The fourth-order valence-electron chi connectivity index (χ4n) is 3.88. The molecule has 2 heterocycles. The second-order valence-electron chi connectivity index (χ2n) is 6.98. The summed E-state index contributed by atoms with van der Waals surface area (Å²) < 4.78 is 13.2. The third-order valence-electron chi connectivity index (χ3n) is 5.29. The molecule has 136 valence electrons. The zero-order valence-corrected chi connectivity index (χ0v) is 15.6. The number of hydrogen-bond donors (Lipinski definition) is 0. The normalized spacial score (nSPS) is 14.4. The van der Waals surface area contributed by atoms with Crippen molar-refractivity contribution >= 4 is 10.8 Å². The fraction of sp³-hybridized carbons (Fsp3) is 0.364. The van der Waals surface area contributed by atoms with Crippen LogP contribution in [0.4, 0.5) is 0 Å². The lowest BCUT2D eigenvalue weighted by Crippen LogP contribution is -2.31. The molecule has 0 radical (unpaired) electrons. The highest BCUT2D eigenvalue weighted by Crippen LogP contribution is 2.33. The predicted octanol–water partition coefficient (Wildman–Crippen LogP) is 4.11. The van der Waals surface area contributed by atoms with Gasteiger partial charge in [0, 0.05) is 38.6 Å². The summed E-state index contributed by atoms with van der Waals surface area (Å²) in [6.45, 7) is 4.27. The van der Waals surface area contributed by atoms with Gasteiger partial charge in [0.2, 0.25) is 0 Å². The Balaban J connectivity index is 1.36. The molecule has 4 nitrogen and oxygen atoms in total. The lowest BCUT2D eigenvalue weighted by atomic mass is 9.98. The minimum Gasteiger partial charge on any atom is -0.493 e. The summed E-state index contributed by atoms with van der Waals surface area (Å²) in [5.41, 5.74) is 2.75. The van der Waals surface area contributed by atoms with E-state index < -0.39 is 0 Å². The van der Waals surface area contributed by atoms with E-state index in [9.17, 15) is 0 Å². The third-order valence-corrected chi connectivity index (χ3v) is 5.29. The van der Waals surface area contributed by atoms with E-state index in [2.05, 4.69) is 58.3 Å². The van der Waals surface area contributed by atoms with Crippen LogP contribution in [-0.2, 0) is 19.5 Å². The molecule has 0 N–H and O–H groups in total. The molecule has 1 aliphatic rings. The van der Waals surface area contributed by atoms with Gasteiger partial charge in [-0.05, 0) is 46.9 Å². The Kier molecular flexibility index (Phi) is 4.85. The largest absolute Gasteiger partial charge is 0.493 e. The number of ether oxygens (including phenoxy) is 2. The van der Waals surface area contributed by atoms with Crippen molar-refractivity contribution in [1.29, 1.82) is 0 Å². The summed E-state index contributed by atoms with van der Waals surface area (Å²) in [5.74, 6) is 1.66. The van der Waals surface area contributed by atoms with Crippen LogP contribution in [-0.4, -0.2) is 36.8 Å². The summed E-state index contributed by atoms with van der Waals surface area (Å²) in [6.07, 6.45) is 6.72. The summed E-state index contributed by atoms with van der Waals surface area (Å²) >= 11 is 0. The second kappa shape index (κ2) is 7.42. The maximum atomic E-state index is 5.46. The van der Waals surface area contributed by atoms with E-state index >= 15 is 0 Å². The van der Waals surface area contributed by atoms with E-state index in [1.54, 1.807) is 14.2 Å². The molecule has 0 spiro atoms. The van der Waals surface area contributed by atoms with Crippen LogP contribution in [0.25, 0.3) is 10.8 Å². The first-order valence-electron chi connectivity index (χ1n) is 9.27. The summed E-state index contributed by atoms with van der Waals surface area (Å²) in [7, 11) is 3.40. The van der Waals surface area contributed by atoms with Crippen LogP contribution in [0.1, 0.15) is 17.5 Å². The highest BCUT2D eigenvalue weighted by molar-refractivity contribution is 5.82. The first-order valence-corrected chi connectivity index (χ1v) is 9.27. The average molecular weight is 350 g/mol. The van der Waals surface area contributed by atoms with Crippen LogP contribution in [0.3, 0.4) is 0 Å². The molecule has 4 heteroatoms. The van der Waals surface area contributed by atoms with Crippen molar-refractivity contribution in [1.82, 2.24) is 9.47 Å². The van der Waals surface area contributed by atoms with Crippen LogP contribution in [0.2, 0.25) is 0 Å². The van der Waals surface area contributed by atoms with Crippen molar-refractivity contribution in [3.63, 3.8) is 0 Å². The van der Waals surface area contributed by atoms with Gasteiger partial charge < -0.3 is 14.0 Å². The molecule has 3 aromatic rings. The number of benzene rings is 2. The van der Waals surface area contributed by atoms with Gasteiger partial charge in [-0.25, -0.2) is 0 Å². The van der Waals surface area contributed by atoms with Gasteiger partial charge in [-0.1, -0.05) is 24.3 Å². The molecule has 0 unspecified atom stereocenters. The number of aryl methyl sites for hydroxylation is 1. The summed E-state index contributed by atoms with van der Waals surface area (Å²) in [6, 6.07) is 12.8. The van der Waals surface area contributed by atoms with Crippen LogP contribution < -0.4 is 9.47 Å². The van der Waals surface area contributed by atoms with Gasteiger partial charge in [-0.3, -0.25) is 4.90 Å². The Morgan fingerprint density at radius 1 is 0.885 bits per heavy atom. The molecule has 0 atom stereocenters. The molecule has 1 aliphatic heterocycles. The topological polar surface area (TPSA) is 26.6 Å². The van der Waals surface area contributed by atoms with Crippen molar-refractivity contribution in [3.05, 3.63) is 59.9 Å². The second-order valence-corrected chi connectivity index (χ2v) is 6.98. The zero-order chi connectivity index (χ0) is 17.9.